The molecule has 1 N–H and O–H groups in total. The van der Waals surface area contributed by atoms with Gasteiger partial charge in [0.25, 0.3) is 10.0 Å². The molecule has 2 aromatic rings. The number of rotatable bonds is 6. The molecule has 0 saturated heterocycles. The summed E-state index contributed by atoms with van der Waals surface area (Å²) >= 11 is 6.67. The Morgan fingerprint density at radius 3 is 2.32 bits per heavy atom. The number of nitrogens with one attached hydrogen (secondary N) is 1. The maximum Gasteiger partial charge on any atom is 0.346 e. The van der Waals surface area contributed by atoms with Crippen molar-refractivity contribution in [1.29, 1.82) is 0 Å². The van der Waals surface area contributed by atoms with Crippen LogP contribution < -0.4 is 4.72 Å². The fourth-order valence-electron chi connectivity index (χ4n) is 1.76. The van der Waals surface area contributed by atoms with Gasteiger partial charge in [0, 0.05) is 5.69 Å². The van der Waals surface area contributed by atoms with E-state index in [-0.39, 0.29) is 15.5 Å². The van der Waals surface area contributed by atoms with Gasteiger partial charge in [0.1, 0.15) is 4.21 Å². The molecule has 0 aliphatic rings. The fourth-order valence-corrected chi connectivity index (χ4v) is 4.31. The molecular formula is C15H14ClNO6S2. The van der Waals surface area contributed by atoms with Crippen LogP contribution in [0.1, 0.15) is 17.3 Å². The van der Waals surface area contributed by atoms with Gasteiger partial charge in [-0.05, 0) is 43.3 Å². The Balaban J connectivity index is 2.07. The van der Waals surface area contributed by atoms with Crippen molar-refractivity contribution in [1.82, 2.24) is 0 Å². The van der Waals surface area contributed by atoms with E-state index in [2.05, 4.69) is 9.46 Å². The van der Waals surface area contributed by atoms with E-state index in [1.54, 1.807) is 0 Å². The molecule has 1 heterocycles. The van der Waals surface area contributed by atoms with Crippen molar-refractivity contribution in [3.05, 3.63) is 46.3 Å². The smallest absolute Gasteiger partial charge is 0.346 e. The topological polar surface area (TPSA) is 98.8 Å². The minimum absolute atomic E-state index is 0.0767. The molecule has 0 radical (unpaired) electrons. The van der Waals surface area contributed by atoms with Gasteiger partial charge in [-0.1, -0.05) is 11.6 Å². The van der Waals surface area contributed by atoms with E-state index in [1.165, 1.54) is 50.4 Å². The Morgan fingerprint density at radius 2 is 1.80 bits per heavy atom. The molecule has 1 aromatic heterocycles. The van der Waals surface area contributed by atoms with Gasteiger partial charge in [0.15, 0.2) is 6.10 Å². The minimum atomic E-state index is -3.75. The van der Waals surface area contributed by atoms with Gasteiger partial charge in [-0.2, -0.15) is 0 Å². The number of methoxy groups -OCH3 is 1. The van der Waals surface area contributed by atoms with Gasteiger partial charge in [-0.25, -0.2) is 18.0 Å². The quantitative estimate of drug-likeness (QED) is 0.744. The van der Waals surface area contributed by atoms with E-state index >= 15 is 0 Å². The molecule has 0 aliphatic carbocycles. The van der Waals surface area contributed by atoms with Crippen molar-refractivity contribution in [3.8, 4) is 0 Å². The zero-order valence-electron chi connectivity index (χ0n) is 13.2. The second kappa shape index (κ2) is 7.85. The number of ether oxygens (including phenoxy) is 2. The third-order valence-electron chi connectivity index (χ3n) is 3.00. The first kappa shape index (κ1) is 19.2. The molecule has 0 saturated carbocycles. The van der Waals surface area contributed by atoms with Gasteiger partial charge in [-0.15, -0.1) is 11.3 Å². The molecule has 25 heavy (non-hydrogen) atoms. The number of esters is 2. The van der Waals surface area contributed by atoms with Crippen molar-refractivity contribution >= 4 is 50.6 Å². The van der Waals surface area contributed by atoms with Crippen molar-refractivity contribution in [2.75, 3.05) is 11.8 Å². The highest BCUT2D eigenvalue weighted by molar-refractivity contribution is 7.94. The number of hydrogen-bond donors (Lipinski definition) is 1. The van der Waals surface area contributed by atoms with Crippen molar-refractivity contribution < 1.29 is 27.5 Å². The summed E-state index contributed by atoms with van der Waals surface area (Å²) in [7, 11) is -2.56. The van der Waals surface area contributed by atoms with Gasteiger partial charge >= 0.3 is 11.9 Å². The molecule has 0 amide bonds. The van der Waals surface area contributed by atoms with Crippen LogP contribution in [0.5, 0.6) is 0 Å². The molecule has 0 fully saturated rings. The first-order valence-electron chi connectivity index (χ1n) is 6.90. The second-order valence-electron chi connectivity index (χ2n) is 4.81. The van der Waals surface area contributed by atoms with E-state index in [1.807, 2.05) is 0 Å². The van der Waals surface area contributed by atoms with Gasteiger partial charge < -0.3 is 9.47 Å². The van der Waals surface area contributed by atoms with Crippen LogP contribution in [-0.4, -0.2) is 33.6 Å². The Hall–Kier alpha value is -2.10. The van der Waals surface area contributed by atoms with Crippen molar-refractivity contribution in [3.63, 3.8) is 0 Å². The van der Waals surface area contributed by atoms with Crippen molar-refractivity contribution in [2.24, 2.45) is 0 Å². The fraction of sp³-hybridized carbons (Fsp3) is 0.200. The lowest BCUT2D eigenvalue weighted by Gasteiger charge is -2.11. The Kier molecular flexibility index (Phi) is 6.04. The maximum absolute atomic E-state index is 12.2. The summed E-state index contributed by atoms with van der Waals surface area (Å²) in [6, 6.07) is 8.47. The number of sulfonamides is 1. The van der Waals surface area contributed by atoms with Crippen LogP contribution >= 0.6 is 22.9 Å². The molecule has 7 nitrogen and oxygen atoms in total. The Bertz CT molecular complexity index is 876. The summed E-state index contributed by atoms with van der Waals surface area (Å²) in [5.74, 6) is -1.40. The molecule has 2 rings (SSSR count). The third-order valence-corrected chi connectivity index (χ3v) is 6.11. The summed E-state index contributed by atoms with van der Waals surface area (Å²) in [6.07, 6.45) is -1.04. The zero-order valence-corrected chi connectivity index (χ0v) is 15.6. The van der Waals surface area contributed by atoms with Gasteiger partial charge in [0.2, 0.25) is 0 Å². The molecule has 1 atom stereocenters. The average Bonchev–Trinajstić information content (AvgIpc) is 3.01. The Morgan fingerprint density at radius 1 is 1.16 bits per heavy atom. The van der Waals surface area contributed by atoms with E-state index in [4.69, 9.17) is 16.3 Å². The number of carbonyl (C=O) groups excluding carboxylic acids is 2. The summed E-state index contributed by atoms with van der Waals surface area (Å²) in [5, 5.41) is 0. The second-order valence-corrected chi connectivity index (χ2v) is 8.44. The van der Waals surface area contributed by atoms with Crippen LogP contribution in [0.15, 0.2) is 40.6 Å². The van der Waals surface area contributed by atoms with E-state index < -0.39 is 28.1 Å². The summed E-state index contributed by atoms with van der Waals surface area (Å²) < 4.78 is 36.6. The summed E-state index contributed by atoms with van der Waals surface area (Å²) in [6.45, 7) is 1.39. The van der Waals surface area contributed by atoms with Crippen molar-refractivity contribution in [2.45, 2.75) is 17.2 Å². The van der Waals surface area contributed by atoms with Crippen LogP contribution in [0.3, 0.4) is 0 Å². The monoisotopic (exact) mass is 403 g/mol. The molecule has 0 spiro atoms. The lowest BCUT2D eigenvalue weighted by atomic mass is 10.2. The summed E-state index contributed by atoms with van der Waals surface area (Å²) in [5.41, 5.74) is 0.431. The highest BCUT2D eigenvalue weighted by Crippen LogP contribution is 2.27. The molecule has 0 bridgehead atoms. The highest BCUT2D eigenvalue weighted by atomic mass is 35.5. The standard InChI is InChI=1S/C15H14ClNO6S2/c1-9(14(18)22-2)23-15(19)10-3-5-11(6-4-10)17-25(20,21)13-8-7-12(16)24-13/h3-9,17H,1-2H3/t9-/m1/s1. The van der Waals surface area contributed by atoms with E-state index in [9.17, 15) is 18.0 Å². The minimum Gasteiger partial charge on any atom is -0.466 e. The predicted octanol–water partition coefficient (Wildman–Crippen LogP) is 2.92. The SMILES string of the molecule is COC(=O)[C@@H](C)OC(=O)c1ccc(NS(=O)(=O)c2ccc(Cl)s2)cc1. The van der Waals surface area contributed by atoms with Gasteiger partial charge in [0.05, 0.1) is 17.0 Å². The molecule has 0 aliphatic heterocycles. The molecule has 1 aromatic carbocycles. The Labute approximate surface area is 153 Å². The van der Waals surface area contributed by atoms with Crippen LogP contribution in [-0.2, 0) is 24.3 Å². The summed E-state index contributed by atoms with van der Waals surface area (Å²) in [4.78, 5) is 23.2. The molecular weight excluding hydrogens is 390 g/mol. The number of hydrogen-bond acceptors (Lipinski definition) is 7. The van der Waals surface area contributed by atoms with E-state index in [0.29, 0.717) is 4.34 Å². The van der Waals surface area contributed by atoms with Crippen LogP contribution in [0.4, 0.5) is 5.69 Å². The normalized spacial score (nSPS) is 12.3. The molecule has 0 unspecified atom stereocenters. The van der Waals surface area contributed by atoms with Gasteiger partial charge in [-0.3, -0.25) is 4.72 Å². The number of halogens is 1. The predicted molar refractivity (Wildman–Crippen MR) is 93.5 cm³/mol. The third kappa shape index (κ3) is 4.94. The van der Waals surface area contributed by atoms with Crippen LogP contribution in [0, 0.1) is 0 Å². The highest BCUT2D eigenvalue weighted by Gasteiger charge is 2.20. The largest absolute Gasteiger partial charge is 0.466 e. The number of carbonyl (C=O) groups is 2. The molecule has 10 heteroatoms. The number of anilines is 1. The lowest BCUT2D eigenvalue weighted by Crippen LogP contribution is -2.25. The lowest BCUT2D eigenvalue weighted by molar-refractivity contribution is -0.149. The first-order chi connectivity index (χ1) is 11.7. The number of thiophene rings is 1. The van der Waals surface area contributed by atoms with E-state index in [0.717, 1.165) is 11.3 Å². The molecule has 134 valence electrons. The average molecular weight is 404 g/mol. The first-order valence-corrected chi connectivity index (χ1v) is 9.57. The van der Waals surface area contributed by atoms with Crippen LogP contribution in [0.25, 0.3) is 0 Å². The maximum atomic E-state index is 12.2. The number of benzene rings is 1. The zero-order chi connectivity index (χ0) is 18.6. The van der Waals surface area contributed by atoms with Crippen LogP contribution in [0.2, 0.25) is 4.34 Å².